The van der Waals surface area contributed by atoms with Crippen LogP contribution in [0.25, 0.3) is 0 Å². The van der Waals surface area contributed by atoms with Gasteiger partial charge in [-0.15, -0.1) is 0 Å². The normalized spacial score (nSPS) is 18.1. The molecular weight excluding hydrogens is 193 g/mol. The summed E-state index contributed by atoms with van der Waals surface area (Å²) in [4.78, 5) is 13.3. The summed E-state index contributed by atoms with van der Waals surface area (Å²) in [6, 6.07) is 6.55. The summed E-state index contributed by atoms with van der Waals surface area (Å²) >= 11 is 0. The molecule has 2 rings (SSSR count). The molecule has 1 saturated heterocycles. The first kappa shape index (κ1) is 10.3. The van der Waals surface area contributed by atoms with Crippen molar-refractivity contribution in [1.29, 1.82) is 0 Å². The van der Waals surface area contributed by atoms with Crippen LogP contribution in [0.15, 0.2) is 24.3 Å². The van der Waals surface area contributed by atoms with Gasteiger partial charge in [0.1, 0.15) is 11.6 Å². The summed E-state index contributed by atoms with van der Waals surface area (Å²) in [5.41, 5.74) is 1.10. The minimum atomic E-state index is -0.201. The first-order valence-electron chi connectivity index (χ1n) is 5.22. The summed E-state index contributed by atoms with van der Waals surface area (Å²) in [5.74, 6) is 0.151. The second kappa shape index (κ2) is 4.53. The minimum absolute atomic E-state index is 0.201. The van der Waals surface area contributed by atoms with E-state index in [9.17, 15) is 9.18 Å². The lowest BCUT2D eigenvalue weighted by Gasteiger charge is -2.25. The summed E-state index contributed by atoms with van der Waals surface area (Å²) < 4.78 is 12.7. The lowest BCUT2D eigenvalue weighted by Crippen LogP contribution is -2.33. The molecule has 1 aromatic carbocycles. The van der Waals surface area contributed by atoms with Crippen molar-refractivity contribution in [2.45, 2.75) is 19.4 Å². The van der Waals surface area contributed by atoms with Crippen molar-refractivity contribution in [1.82, 2.24) is 4.90 Å². The second-order valence-electron chi connectivity index (χ2n) is 3.94. The summed E-state index contributed by atoms with van der Waals surface area (Å²) in [6.45, 7) is 2.47. The molecule has 1 heterocycles. The van der Waals surface area contributed by atoms with Gasteiger partial charge in [-0.3, -0.25) is 9.69 Å². The molecule has 80 valence electrons. The molecule has 1 aromatic rings. The van der Waals surface area contributed by atoms with Crippen LogP contribution >= 0.6 is 0 Å². The first-order chi connectivity index (χ1) is 7.24. The Labute approximate surface area is 88.7 Å². The van der Waals surface area contributed by atoms with Gasteiger partial charge in [-0.05, 0) is 17.7 Å². The van der Waals surface area contributed by atoms with Gasteiger partial charge in [-0.2, -0.15) is 0 Å². The Morgan fingerprint density at radius 2 is 1.73 bits per heavy atom. The van der Waals surface area contributed by atoms with Gasteiger partial charge >= 0.3 is 0 Å². The second-order valence-corrected chi connectivity index (χ2v) is 3.94. The number of piperidine rings is 1. The summed E-state index contributed by atoms with van der Waals surface area (Å²) in [6.07, 6.45) is 1.31. The van der Waals surface area contributed by atoms with E-state index < -0.39 is 0 Å². The van der Waals surface area contributed by atoms with Crippen LogP contribution in [0.1, 0.15) is 18.4 Å². The maximum atomic E-state index is 12.7. The Balaban J connectivity index is 1.91. The molecule has 0 unspecified atom stereocenters. The Morgan fingerprint density at radius 3 is 2.33 bits per heavy atom. The molecule has 0 atom stereocenters. The highest BCUT2D eigenvalue weighted by molar-refractivity contribution is 5.79. The van der Waals surface area contributed by atoms with Crippen LogP contribution in [0.2, 0.25) is 0 Å². The third kappa shape index (κ3) is 2.86. The van der Waals surface area contributed by atoms with E-state index in [1.807, 2.05) is 0 Å². The number of Topliss-reactive ketones (excluding diaryl/α,β-unsaturated/α-hetero) is 1. The first-order valence-corrected chi connectivity index (χ1v) is 5.22. The van der Waals surface area contributed by atoms with Crippen LogP contribution in [0.3, 0.4) is 0 Å². The van der Waals surface area contributed by atoms with Crippen LogP contribution in [0, 0.1) is 5.82 Å². The molecule has 0 aromatic heterocycles. The van der Waals surface area contributed by atoms with Crippen LogP contribution in [-0.2, 0) is 11.3 Å². The molecule has 0 amide bonds. The van der Waals surface area contributed by atoms with Crippen LogP contribution in [0.5, 0.6) is 0 Å². The highest BCUT2D eigenvalue weighted by Crippen LogP contribution is 2.11. The molecule has 0 radical (unpaired) electrons. The number of nitrogens with zero attached hydrogens (tertiary/aromatic N) is 1. The highest BCUT2D eigenvalue weighted by atomic mass is 19.1. The van der Waals surface area contributed by atoms with E-state index in [0.717, 1.165) is 25.2 Å². The SMILES string of the molecule is O=C1CCN(Cc2ccc(F)cc2)CC1. The van der Waals surface area contributed by atoms with Crippen LogP contribution < -0.4 is 0 Å². The van der Waals surface area contributed by atoms with Gasteiger partial charge in [0.2, 0.25) is 0 Å². The molecule has 1 aliphatic heterocycles. The third-order valence-electron chi connectivity index (χ3n) is 2.73. The number of ketones is 1. The van der Waals surface area contributed by atoms with Crippen molar-refractivity contribution in [3.63, 3.8) is 0 Å². The van der Waals surface area contributed by atoms with E-state index >= 15 is 0 Å². The average Bonchev–Trinajstić information content (AvgIpc) is 2.25. The number of likely N-dealkylation sites (tertiary alicyclic amines) is 1. The van der Waals surface area contributed by atoms with Crippen molar-refractivity contribution in [2.75, 3.05) is 13.1 Å². The van der Waals surface area contributed by atoms with Crippen molar-refractivity contribution < 1.29 is 9.18 Å². The molecule has 3 heteroatoms. The van der Waals surface area contributed by atoms with Gasteiger partial charge < -0.3 is 0 Å². The zero-order chi connectivity index (χ0) is 10.7. The maximum Gasteiger partial charge on any atom is 0.135 e. The molecule has 0 spiro atoms. The fraction of sp³-hybridized carbons (Fsp3) is 0.417. The summed E-state index contributed by atoms with van der Waals surface area (Å²) in [5, 5.41) is 0. The average molecular weight is 207 g/mol. The van der Waals surface area contributed by atoms with Gasteiger partial charge in [0.15, 0.2) is 0 Å². The topological polar surface area (TPSA) is 20.3 Å². The predicted octanol–water partition coefficient (Wildman–Crippen LogP) is 1.99. The Kier molecular flexibility index (Phi) is 3.11. The van der Waals surface area contributed by atoms with E-state index in [2.05, 4.69) is 4.90 Å². The summed E-state index contributed by atoms with van der Waals surface area (Å²) in [7, 11) is 0. The van der Waals surface area contributed by atoms with Crippen LogP contribution in [0.4, 0.5) is 4.39 Å². The van der Waals surface area contributed by atoms with Gasteiger partial charge in [0.05, 0.1) is 0 Å². The van der Waals surface area contributed by atoms with E-state index in [-0.39, 0.29) is 5.82 Å². The lowest BCUT2D eigenvalue weighted by molar-refractivity contribution is -0.121. The Hall–Kier alpha value is -1.22. The molecule has 0 aliphatic carbocycles. The number of carbonyl (C=O) groups is 1. The molecule has 1 aliphatic rings. The molecule has 15 heavy (non-hydrogen) atoms. The minimum Gasteiger partial charge on any atom is -0.300 e. The van der Waals surface area contributed by atoms with Crippen molar-refractivity contribution >= 4 is 5.78 Å². The fourth-order valence-electron chi connectivity index (χ4n) is 1.81. The van der Waals surface area contributed by atoms with Gasteiger partial charge in [0, 0.05) is 32.5 Å². The highest BCUT2D eigenvalue weighted by Gasteiger charge is 2.15. The number of halogens is 1. The quantitative estimate of drug-likeness (QED) is 0.739. The molecule has 2 nitrogen and oxygen atoms in total. The number of benzene rings is 1. The Bertz CT molecular complexity index is 337. The van der Waals surface area contributed by atoms with Crippen LogP contribution in [-0.4, -0.2) is 23.8 Å². The Morgan fingerprint density at radius 1 is 1.13 bits per heavy atom. The fourth-order valence-corrected chi connectivity index (χ4v) is 1.81. The van der Waals surface area contributed by atoms with Crippen molar-refractivity contribution in [2.24, 2.45) is 0 Å². The van der Waals surface area contributed by atoms with E-state index in [1.165, 1.54) is 12.1 Å². The number of rotatable bonds is 2. The van der Waals surface area contributed by atoms with Gasteiger partial charge in [-0.25, -0.2) is 4.39 Å². The van der Waals surface area contributed by atoms with E-state index in [1.54, 1.807) is 12.1 Å². The third-order valence-corrected chi connectivity index (χ3v) is 2.73. The van der Waals surface area contributed by atoms with Crippen molar-refractivity contribution in [3.8, 4) is 0 Å². The van der Waals surface area contributed by atoms with Gasteiger partial charge in [0.25, 0.3) is 0 Å². The van der Waals surface area contributed by atoms with Gasteiger partial charge in [-0.1, -0.05) is 12.1 Å². The smallest absolute Gasteiger partial charge is 0.135 e. The monoisotopic (exact) mass is 207 g/mol. The van der Waals surface area contributed by atoms with Crippen molar-refractivity contribution in [3.05, 3.63) is 35.6 Å². The molecular formula is C12H14FNO. The zero-order valence-corrected chi connectivity index (χ0v) is 8.58. The predicted molar refractivity (Wildman–Crippen MR) is 55.9 cm³/mol. The zero-order valence-electron chi connectivity index (χ0n) is 8.58. The molecule has 0 bridgehead atoms. The van der Waals surface area contributed by atoms with E-state index in [4.69, 9.17) is 0 Å². The maximum absolute atomic E-state index is 12.7. The number of hydrogen-bond donors (Lipinski definition) is 0. The van der Waals surface area contributed by atoms with E-state index in [0.29, 0.717) is 18.6 Å². The standard InChI is InChI=1S/C12H14FNO/c13-11-3-1-10(2-4-11)9-14-7-5-12(15)6-8-14/h1-4H,5-9H2. The largest absolute Gasteiger partial charge is 0.300 e. The molecule has 0 saturated carbocycles. The molecule has 1 fully saturated rings. The molecule has 0 N–H and O–H groups in total. The lowest BCUT2D eigenvalue weighted by atomic mass is 10.1. The number of carbonyl (C=O) groups excluding carboxylic acids is 1. The number of hydrogen-bond acceptors (Lipinski definition) is 2.